The molecule has 0 atom stereocenters. The van der Waals surface area contributed by atoms with Gasteiger partial charge in [0.25, 0.3) is 0 Å². The number of benzene rings is 2. The number of oxime groups is 1. The Labute approximate surface area is 128 Å². The van der Waals surface area contributed by atoms with E-state index >= 15 is 0 Å². The van der Waals surface area contributed by atoms with E-state index in [0.717, 1.165) is 16.6 Å². The summed E-state index contributed by atoms with van der Waals surface area (Å²) >= 11 is 3.29. The SMILES string of the molecule is Cc1cc(Br)ccc1Oc1c(F)cc(/C(N)=N/O)cc1F. The predicted octanol–water partition coefficient (Wildman–Crippen LogP) is 3.92. The molecule has 0 heterocycles. The fourth-order valence-corrected chi connectivity index (χ4v) is 2.18. The van der Waals surface area contributed by atoms with E-state index in [-0.39, 0.29) is 11.4 Å². The molecule has 0 saturated carbocycles. The van der Waals surface area contributed by atoms with Crippen LogP contribution in [0, 0.1) is 18.6 Å². The number of aryl methyl sites for hydroxylation is 1. The van der Waals surface area contributed by atoms with Gasteiger partial charge in [0.05, 0.1) is 0 Å². The molecule has 110 valence electrons. The number of hydrogen-bond donors (Lipinski definition) is 2. The number of ether oxygens (including phenoxy) is 1. The lowest BCUT2D eigenvalue weighted by molar-refractivity contribution is 0.318. The van der Waals surface area contributed by atoms with Crippen LogP contribution in [0.2, 0.25) is 0 Å². The minimum Gasteiger partial charge on any atom is -0.451 e. The van der Waals surface area contributed by atoms with Crippen molar-refractivity contribution in [3.8, 4) is 11.5 Å². The summed E-state index contributed by atoms with van der Waals surface area (Å²) < 4.78 is 34.0. The van der Waals surface area contributed by atoms with Crippen molar-refractivity contribution in [3.63, 3.8) is 0 Å². The number of nitrogens with two attached hydrogens (primary N) is 1. The van der Waals surface area contributed by atoms with E-state index in [1.165, 1.54) is 0 Å². The molecule has 7 heteroatoms. The number of nitrogens with zero attached hydrogens (tertiary/aromatic N) is 1. The molecular formula is C14H11BrF2N2O2. The maximum atomic E-state index is 13.9. The van der Waals surface area contributed by atoms with E-state index < -0.39 is 17.4 Å². The fraction of sp³-hybridized carbons (Fsp3) is 0.0714. The van der Waals surface area contributed by atoms with Crippen molar-refractivity contribution in [2.45, 2.75) is 6.92 Å². The average Bonchev–Trinajstić information content (AvgIpc) is 2.43. The van der Waals surface area contributed by atoms with E-state index in [4.69, 9.17) is 15.7 Å². The zero-order valence-electron chi connectivity index (χ0n) is 10.9. The Hall–Kier alpha value is -2.15. The molecule has 0 aliphatic rings. The second kappa shape index (κ2) is 6.09. The van der Waals surface area contributed by atoms with Crippen LogP contribution in [0.25, 0.3) is 0 Å². The molecule has 0 saturated heterocycles. The number of rotatable bonds is 3. The van der Waals surface area contributed by atoms with Gasteiger partial charge in [-0.2, -0.15) is 0 Å². The van der Waals surface area contributed by atoms with Crippen molar-refractivity contribution >= 4 is 21.8 Å². The van der Waals surface area contributed by atoms with Crippen LogP contribution in [0.4, 0.5) is 8.78 Å². The summed E-state index contributed by atoms with van der Waals surface area (Å²) in [5.41, 5.74) is 5.93. The quantitative estimate of drug-likeness (QED) is 0.379. The van der Waals surface area contributed by atoms with Crippen LogP contribution in [-0.4, -0.2) is 11.0 Å². The van der Waals surface area contributed by atoms with Gasteiger partial charge in [0.2, 0.25) is 0 Å². The van der Waals surface area contributed by atoms with Gasteiger partial charge in [-0.25, -0.2) is 8.78 Å². The van der Waals surface area contributed by atoms with Crippen LogP contribution >= 0.6 is 15.9 Å². The summed E-state index contributed by atoms with van der Waals surface area (Å²) in [7, 11) is 0. The van der Waals surface area contributed by atoms with Gasteiger partial charge < -0.3 is 15.7 Å². The Kier molecular flexibility index (Phi) is 4.42. The molecule has 21 heavy (non-hydrogen) atoms. The zero-order chi connectivity index (χ0) is 15.6. The maximum Gasteiger partial charge on any atom is 0.198 e. The molecule has 0 aromatic heterocycles. The smallest absolute Gasteiger partial charge is 0.198 e. The highest BCUT2D eigenvalue weighted by atomic mass is 79.9. The number of halogens is 3. The van der Waals surface area contributed by atoms with Gasteiger partial charge in [0.1, 0.15) is 5.75 Å². The first-order chi connectivity index (χ1) is 9.92. The molecule has 0 bridgehead atoms. The van der Waals surface area contributed by atoms with Crippen LogP contribution in [-0.2, 0) is 0 Å². The Balaban J connectivity index is 2.41. The Morgan fingerprint density at radius 3 is 2.38 bits per heavy atom. The first-order valence-corrected chi connectivity index (χ1v) is 6.62. The monoisotopic (exact) mass is 356 g/mol. The fourth-order valence-electron chi connectivity index (χ4n) is 1.70. The summed E-state index contributed by atoms with van der Waals surface area (Å²) in [5, 5.41) is 11.2. The average molecular weight is 357 g/mol. The molecule has 4 nitrogen and oxygen atoms in total. The third-order valence-corrected chi connectivity index (χ3v) is 3.24. The number of hydrogen-bond acceptors (Lipinski definition) is 3. The Morgan fingerprint density at radius 2 is 1.86 bits per heavy atom. The minimum absolute atomic E-state index is 0.0765. The second-order valence-corrected chi connectivity index (χ2v) is 5.18. The summed E-state index contributed by atoms with van der Waals surface area (Å²) in [4.78, 5) is 0. The largest absolute Gasteiger partial charge is 0.451 e. The molecule has 0 spiro atoms. The zero-order valence-corrected chi connectivity index (χ0v) is 12.5. The van der Waals surface area contributed by atoms with E-state index in [1.807, 2.05) is 0 Å². The summed E-state index contributed by atoms with van der Waals surface area (Å²) in [6.45, 7) is 1.75. The van der Waals surface area contributed by atoms with Gasteiger partial charge in [-0.15, -0.1) is 0 Å². The van der Waals surface area contributed by atoms with Crippen molar-refractivity contribution < 1.29 is 18.7 Å². The molecule has 0 aliphatic carbocycles. The van der Waals surface area contributed by atoms with Crippen molar-refractivity contribution in [1.82, 2.24) is 0 Å². The van der Waals surface area contributed by atoms with Gasteiger partial charge in [-0.3, -0.25) is 0 Å². The van der Waals surface area contributed by atoms with Gasteiger partial charge in [-0.05, 0) is 42.8 Å². The highest BCUT2D eigenvalue weighted by molar-refractivity contribution is 9.10. The Bertz CT molecular complexity index is 697. The molecule has 0 fully saturated rings. The lowest BCUT2D eigenvalue weighted by Gasteiger charge is -2.11. The first-order valence-electron chi connectivity index (χ1n) is 5.83. The standard InChI is InChI=1S/C14H11BrF2N2O2/c1-7-4-9(15)2-3-12(7)21-13-10(16)5-8(6-11(13)17)14(18)19-20/h2-6,20H,1H3,(H2,18,19). The molecule has 0 radical (unpaired) electrons. The highest BCUT2D eigenvalue weighted by Crippen LogP contribution is 2.31. The van der Waals surface area contributed by atoms with Crippen LogP contribution in [0.3, 0.4) is 0 Å². The predicted molar refractivity (Wildman–Crippen MR) is 77.8 cm³/mol. The lowest BCUT2D eigenvalue weighted by atomic mass is 10.2. The third kappa shape index (κ3) is 3.30. The van der Waals surface area contributed by atoms with E-state index in [1.54, 1.807) is 25.1 Å². The molecule has 0 amide bonds. The topological polar surface area (TPSA) is 67.8 Å². The van der Waals surface area contributed by atoms with Crippen molar-refractivity contribution in [2.24, 2.45) is 10.9 Å². The van der Waals surface area contributed by atoms with Gasteiger partial charge in [0, 0.05) is 10.0 Å². The molecule has 0 aliphatic heterocycles. The molecular weight excluding hydrogens is 346 g/mol. The Morgan fingerprint density at radius 1 is 1.24 bits per heavy atom. The van der Waals surface area contributed by atoms with Crippen molar-refractivity contribution in [2.75, 3.05) is 0 Å². The van der Waals surface area contributed by atoms with Crippen LogP contribution in [0.1, 0.15) is 11.1 Å². The maximum absolute atomic E-state index is 13.9. The normalized spacial score (nSPS) is 11.5. The van der Waals surface area contributed by atoms with Crippen LogP contribution in [0.5, 0.6) is 11.5 Å². The van der Waals surface area contributed by atoms with Crippen molar-refractivity contribution in [1.29, 1.82) is 0 Å². The highest BCUT2D eigenvalue weighted by Gasteiger charge is 2.16. The van der Waals surface area contributed by atoms with Crippen LogP contribution < -0.4 is 10.5 Å². The minimum atomic E-state index is -0.945. The lowest BCUT2D eigenvalue weighted by Crippen LogP contribution is -2.14. The van der Waals surface area contributed by atoms with E-state index in [9.17, 15) is 8.78 Å². The molecule has 3 N–H and O–H groups in total. The van der Waals surface area contributed by atoms with E-state index in [2.05, 4.69) is 21.1 Å². The molecule has 2 aromatic rings. The summed E-state index contributed by atoms with van der Waals surface area (Å²) in [5.74, 6) is -2.50. The second-order valence-electron chi connectivity index (χ2n) is 4.27. The number of amidine groups is 1. The summed E-state index contributed by atoms with van der Waals surface area (Å²) in [6, 6.07) is 6.91. The van der Waals surface area contributed by atoms with Gasteiger partial charge >= 0.3 is 0 Å². The summed E-state index contributed by atoms with van der Waals surface area (Å²) in [6.07, 6.45) is 0. The van der Waals surface area contributed by atoms with Crippen LogP contribution in [0.15, 0.2) is 40.0 Å². The van der Waals surface area contributed by atoms with Gasteiger partial charge in [0.15, 0.2) is 23.2 Å². The van der Waals surface area contributed by atoms with Crippen molar-refractivity contribution in [3.05, 3.63) is 57.6 Å². The molecule has 2 aromatic carbocycles. The third-order valence-electron chi connectivity index (χ3n) is 2.75. The molecule has 2 rings (SSSR count). The molecule has 0 unspecified atom stereocenters. The van der Waals surface area contributed by atoms with Gasteiger partial charge in [-0.1, -0.05) is 21.1 Å². The van der Waals surface area contributed by atoms with E-state index in [0.29, 0.717) is 11.3 Å². The first kappa shape index (κ1) is 15.2.